The van der Waals surface area contributed by atoms with Crippen LogP contribution >= 0.6 is 0 Å². The monoisotopic (exact) mass is 300 g/mol. The van der Waals surface area contributed by atoms with Gasteiger partial charge in [-0.3, -0.25) is 4.79 Å². The fraction of sp³-hybridized carbons (Fsp3) is 0.857. The van der Waals surface area contributed by atoms with Gasteiger partial charge in [-0.25, -0.2) is 0 Å². The van der Waals surface area contributed by atoms with E-state index in [4.69, 9.17) is 0 Å². The Labute approximate surface area is 135 Å². The van der Waals surface area contributed by atoms with E-state index >= 15 is 0 Å². The average molecular weight is 300 g/mol. The molecule has 0 radical (unpaired) electrons. The number of allylic oxidation sites excluding steroid dienone is 2. The molecule has 0 N–H and O–H groups in total. The molecule has 0 aromatic carbocycles. The molecule has 4 rings (SSSR count). The van der Waals surface area contributed by atoms with E-state index in [2.05, 4.69) is 26.0 Å². The van der Waals surface area contributed by atoms with Crippen molar-refractivity contribution in [2.24, 2.45) is 40.4 Å². The second-order valence-corrected chi connectivity index (χ2v) is 9.35. The summed E-state index contributed by atoms with van der Waals surface area (Å²) in [6, 6.07) is 0. The fourth-order valence-electron chi connectivity index (χ4n) is 7.51. The highest BCUT2D eigenvalue weighted by molar-refractivity contribution is 5.79. The van der Waals surface area contributed by atoms with E-state index in [1.54, 1.807) is 0 Å². The molecule has 0 unspecified atom stereocenters. The molecular weight excluding hydrogens is 268 g/mol. The molecule has 122 valence electrons. The Morgan fingerprint density at radius 1 is 0.955 bits per heavy atom. The lowest BCUT2D eigenvalue weighted by molar-refractivity contribution is -0.131. The van der Waals surface area contributed by atoms with E-state index < -0.39 is 0 Å². The molecule has 1 heteroatoms. The van der Waals surface area contributed by atoms with Crippen LogP contribution in [0.5, 0.6) is 0 Å². The molecule has 22 heavy (non-hydrogen) atoms. The second-order valence-electron chi connectivity index (χ2n) is 9.35. The molecule has 0 aliphatic heterocycles. The topological polar surface area (TPSA) is 17.1 Å². The van der Waals surface area contributed by atoms with E-state index in [1.165, 1.54) is 51.4 Å². The minimum atomic E-state index is 0.320. The van der Waals surface area contributed by atoms with Gasteiger partial charge in [-0.15, -0.1) is 0 Å². The van der Waals surface area contributed by atoms with Crippen LogP contribution in [0.25, 0.3) is 0 Å². The van der Waals surface area contributed by atoms with Crippen LogP contribution in [0, 0.1) is 40.4 Å². The number of ketones is 1. The van der Waals surface area contributed by atoms with Crippen LogP contribution in [0.15, 0.2) is 12.2 Å². The summed E-state index contributed by atoms with van der Waals surface area (Å²) >= 11 is 0. The predicted molar refractivity (Wildman–Crippen MR) is 90.4 cm³/mol. The number of rotatable bonds is 1. The molecule has 7 atom stereocenters. The lowest BCUT2D eigenvalue weighted by Crippen LogP contribution is -2.52. The summed E-state index contributed by atoms with van der Waals surface area (Å²) in [6.45, 7) is 6.90. The molecule has 0 heterocycles. The number of fused-ring (bicyclic) bond motifs is 5. The van der Waals surface area contributed by atoms with E-state index in [-0.39, 0.29) is 0 Å². The molecule has 0 aromatic rings. The third-order valence-corrected chi connectivity index (χ3v) is 8.70. The molecule has 3 saturated carbocycles. The van der Waals surface area contributed by atoms with Crippen LogP contribution in [-0.4, -0.2) is 5.78 Å². The molecular formula is C21H32O. The van der Waals surface area contributed by atoms with E-state index in [0.29, 0.717) is 22.5 Å². The zero-order valence-corrected chi connectivity index (χ0v) is 14.6. The van der Waals surface area contributed by atoms with Crippen LogP contribution in [0.3, 0.4) is 0 Å². The van der Waals surface area contributed by atoms with Gasteiger partial charge in [-0.1, -0.05) is 26.0 Å². The van der Waals surface area contributed by atoms with Gasteiger partial charge in [-0.05, 0) is 92.8 Å². The first-order valence-corrected chi connectivity index (χ1v) is 9.62. The van der Waals surface area contributed by atoms with Gasteiger partial charge in [0, 0.05) is 5.92 Å². The lowest BCUT2D eigenvalue weighted by Gasteiger charge is -2.59. The summed E-state index contributed by atoms with van der Waals surface area (Å²) in [5, 5.41) is 0. The molecule has 1 nitrogen and oxygen atoms in total. The average Bonchev–Trinajstić information content (AvgIpc) is 2.84. The summed E-state index contributed by atoms with van der Waals surface area (Å²) in [4.78, 5) is 12.1. The maximum Gasteiger partial charge on any atom is 0.133 e. The normalized spacial score (nSPS) is 53.5. The van der Waals surface area contributed by atoms with Crippen LogP contribution < -0.4 is 0 Å². The Bertz CT molecular complexity index is 506. The second kappa shape index (κ2) is 4.95. The largest absolute Gasteiger partial charge is 0.300 e. The Kier molecular flexibility index (Phi) is 3.37. The SMILES string of the molecule is CC(=O)[C@H]1CC[C@H]2[C@@H]3CC[C@H]4CC=CC[C@]4(C)[C@H]3CC[C@]12C. The standard InChI is InChI=1S/C21H32O/c1-14(22)17-9-10-18-16-8-7-15-6-4-5-12-20(15,2)19(16)11-13-21(17,18)3/h4-5,15-19H,6-13H2,1-3H3/t15-,16+,17-,18+,19+,20+,21-/m1/s1. The molecule has 3 fully saturated rings. The first-order valence-electron chi connectivity index (χ1n) is 9.62. The van der Waals surface area contributed by atoms with Gasteiger partial charge in [0.2, 0.25) is 0 Å². The van der Waals surface area contributed by atoms with Gasteiger partial charge >= 0.3 is 0 Å². The molecule has 0 amide bonds. The third-order valence-electron chi connectivity index (χ3n) is 8.70. The Balaban J connectivity index is 1.65. The van der Waals surface area contributed by atoms with Crippen molar-refractivity contribution >= 4 is 5.78 Å². The van der Waals surface area contributed by atoms with Crippen LogP contribution in [0.4, 0.5) is 0 Å². The third kappa shape index (κ3) is 1.86. The summed E-state index contributed by atoms with van der Waals surface area (Å²) < 4.78 is 0. The Morgan fingerprint density at radius 2 is 1.73 bits per heavy atom. The minimum absolute atomic E-state index is 0.320. The van der Waals surface area contributed by atoms with Gasteiger partial charge in [0.05, 0.1) is 0 Å². The first-order chi connectivity index (χ1) is 10.5. The van der Waals surface area contributed by atoms with Crippen LogP contribution in [0.1, 0.15) is 72.1 Å². The number of Topliss-reactive ketones (excluding diaryl/α,β-unsaturated/α-hetero) is 1. The Morgan fingerprint density at radius 3 is 2.50 bits per heavy atom. The van der Waals surface area contributed by atoms with Crippen molar-refractivity contribution in [3.05, 3.63) is 12.2 Å². The zero-order valence-electron chi connectivity index (χ0n) is 14.6. The van der Waals surface area contributed by atoms with Crippen molar-refractivity contribution in [3.8, 4) is 0 Å². The molecule has 0 spiro atoms. The first kappa shape index (κ1) is 15.0. The fourth-order valence-corrected chi connectivity index (χ4v) is 7.51. The van der Waals surface area contributed by atoms with Crippen molar-refractivity contribution in [2.75, 3.05) is 0 Å². The van der Waals surface area contributed by atoms with E-state index in [0.717, 1.165) is 23.7 Å². The quantitative estimate of drug-likeness (QED) is 0.592. The van der Waals surface area contributed by atoms with Crippen molar-refractivity contribution in [1.82, 2.24) is 0 Å². The van der Waals surface area contributed by atoms with Crippen LogP contribution in [0.2, 0.25) is 0 Å². The van der Waals surface area contributed by atoms with E-state index in [1.807, 2.05) is 6.92 Å². The number of hydrogen-bond donors (Lipinski definition) is 0. The maximum absolute atomic E-state index is 12.1. The Hall–Kier alpha value is -0.590. The summed E-state index contributed by atoms with van der Waals surface area (Å²) in [6.07, 6.45) is 15.5. The molecule has 0 bridgehead atoms. The van der Waals surface area contributed by atoms with Crippen molar-refractivity contribution in [2.45, 2.75) is 72.1 Å². The van der Waals surface area contributed by atoms with Gasteiger partial charge in [0.1, 0.15) is 5.78 Å². The highest BCUT2D eigenvalue weighted by Gasteiger charge is 2.59. The lowest BCUT2D eigenvalue weighted by atomic mass is 9.45. The van der Waals surface area contributed by atoms with Crippen molar-refractivity contribution in [1.29, 1.82) is 0 Å². The number of hydrogen-bond acceptors (Lipinski definition) is 1. The maximum atomic E-state index is 12.1. The molecule has 0 aromatic heterocycles. The van der Waals surface area contributed by atoms with Crippen molar-refractivity contribution < 1.29 is 4.79 Å². The smallest absolute Gasteiger partial charge is 0.133 e. The summed E-state index contributed by atoms with van der Waals surface area (Å²) in [5.74, 6) is 4.38. The summed E-state index contributed by atoms with van der Waals surface area (Å²) in [5.41, 5.74) is 0.869. The van der Waals surface area contributed by atoms with E-state index in [9.17, 15) is 4.79 Å². The van der Waals surface area contributed by atoms with Crippen molar-refractivity contribution in [3.63, 3.8) is 0 Å². The number of carbonyl (C=O) groups is 1. The summed E-state index contributed by atoms with van der Waals surface area (Å²) in [7, 11) is 0. The zero-order chi connectivity index (χ0) is 15.5. The predicted octanol–water partition coefficient (Wildman–Crippen LogP) is 5.40. The highest BCUT2D eigenvalue weighted by atomic mass is 16.1. The van der Waals surface area contributed by atoms with Gasteiger partial charge in [-0.2, -0.15) is 0 Å². The molecule has 0 saturated heterocycles. The van der Waals surface area contributed by atoms with Gasteiger partial charge < -0.3 is 0 Å². The molecule has 4 aliphatic carbocycles. The van der Waals surface area contributed by atoms with Crippen LogP contribution in [-0.2, 0) is 4.79 Å². The minimum Gasteiger partial charge on any atom is -0.300 e. The number of carbonyl (C=O) groups excluding carboxylic acids is 1. The van der Waals surface area contributed by atoms with Gasteiger partial charge in [0.15, 0.2) is 0 Å². The highest BCUT2D eigenvalue weighted by Crippen LogP contribution is 2.66. The molecule has 4 aliphatic rings. The van der Waals surface area contributed by atoms with Gasteiger partial charge in [0.25, 0.3) is 0 Å².